The van der Waals surface area contributed by atoms with Gasteiger partial charge >= 0.3 is 11.9 Å². The number of carboxylic acids is 1. The van der Waals surface area contributed by atoms with E-state index < -0.39 is 5.97 Å². The molecule has 2 spiro atoms. The van der Waals surface area contributed by atoms with Gasteiger partial charge in [-0.1, -0.05) is 24.3 Å². The summed E-state index contributed by atoms with van der Waals surface area (Å²) in [7, 11) is 0. The van der Waals surface area contributed by atoms with Crippen molar-refractivity contribution >= 4 is 23.8 Å². The summed E-state index contributed by atoms with van der Waals surface area (Å²) in [6.45, 7) is 2.14. The molecule has 12 heteroatoms. The molecular formula is C48H42N6O6. The lowest BCUT2D eigenvalue weighted by atomic mass is 9.87. The third-order valence-corrected chi connectivity index (χ3v) is 13.2. The quantitative estimate of drug-likeness (QED) is 0.114. The molecular weight excluding hydrogens is 757 g/mol. The third-order valence-electron chi connectivity index (χ3n) is 13.2. The van der Waals surface area contributed by atoms with Gasteiger partial charge < -0.3 is 30.4 Å². The minimum absolute atomic E-state index is 0.0166. The Balaban J connectivity index is 0.000000136. The van der Waals surface area contributed by atoms with E-state index in [0.29, 0.717) is 12.2 Å². The van der Waals surface area contributed by atoms with Crippen molar-refractivity contribution < 1.29 is 29.0 Å². The number of aromatic amines is 2. The second-order valence-electron chi connectivity index (χ2n) is 17.1. The number of carbonyl (C=O) groups is 4. The first-order valence-electron chi connectivity index (χ1n) is 20.8. The SMILES string of the molecule is CCOC(=O)c1cccc(-c2cc3c(cn2)CCc2c-3[nH]c3c2C(=O)NC2(CC2)C3)c1.O=C(O)c1cccc(-c2cc3c(cn2)CCc2c-3[nH]c3c2C(=O)NC2(CC2)C3)c1. The van der Waals surface area contributed by atoms with E-state index in [9.17, 15) is 24.3 Å². The molecule has 6 heterocycles. The molecule has 0 radical (unpaired) electrons. The molecule has 2 aliphatic heterocycles. The van der Waals surface area contributed by atoms with Crippen molar-refractivity contribution in [2.24, 2.45) is 0 Å². The number of rotatable bonds is 5. The Labute approximate surface area is 345 Å². The van der Waals surface area contributed by atoms with Crippen molar-refractivity contribution in [2.75, 3.05) is 6.61 Å². The zero-order valence-corrected chi connectivity index (χ0v) is 33.1. The van der Waals surface area contributed by atoms with Crippen molar-refractivity contribution in [3.8, 4) is 45.0 Å². The lowest BCUT2D eigenvalue weighted by Crippen LogP contribution is -2.43. The molecule has 12 nitrogen and oxygen atoms in total. The fourth-order valence-electron chi connectivity index (χ4n) is 9.74. The van der Waals surface area contributed by atoms with E-state index in [2.05, 4.69) is 36.6 Å². The van der Waals surface area contributed by atoms with Gasteiger partial charge in [-0.2, -0.15) is 0 Å². The second-order valence-corrected chi connectivity index (χ2v) is 17.1. The highest BCUT2D eigenvalue weighted by Crippen LogP contribution is 2.47. The highest BCUT2D eigenvalue weighted by Gasteiger charge is 2.50. The summed E-state index contributed by atoms with van der Waals surface area (Å²) in [5.74, 6) is -1.17. The smallest absolute Gasteiger partial charge is 0.338 e. The molecule has 6 aromatic rings. The molecule has 0 unspecified atom stereocenters. The number of carbonyl (C=O) groups excluding carboxylic acids is 3. The molecule has 2 fully saturated rings. The van der Waals surface area contributed by atoms with Crippen LogP contribution in [-0.4, -0.2) is 66.5 Å². The van der Waals surface area contributed by atoms with E-state index in [-0.39, 0.29) is 34.4 Å². The van der Waals surface area contributed by atoms with Crippen LogP contribution in [0.3, 0.4) is 0 Å². The number of pyridine rings is 2. The number of benzene rings is 2. The molecule has 2 aromatic carbocycles. The number of aromatic nitrogens is 4. The summed E-state index contributed by atoms with van der Waals surface area (Å²) in [6.07, 6.45) is 13.1. The van der Waals surface area contributed by atoms with Crippen LogP contribution in [0.2, 0.25) is 0 Å². The summed E-state index contributed by atoms with van der Waals surface area (Å²) in [4.78, 5) is 65.5. The molecule has 4 aromatic heterocycles. The Morgan fingerprint density at radius 1 is 0.683 bits per heavy atom. The lowest BCUT2D eigenvalue weighted by Gasteiger charge is -2.24. The van der Waals surface area contributed by atoms with Gasteiger partial charge in [0.05, 0.1) is 51.6 Å². The number of aryl methyl sites for hydroxylation is 2. The maximum atomic E-state index is 12.8. The second kappa shape index (κ2) is 13.4. The first-order chi connectivity index (χ1) is 29.1. The third kappa shape index (κ3) is 6.03. The zero-order valence-electron chi connectivity index (χ0n) is 33.1. The van der Waals surface area contributed by atoms with Gasteiger partial charge in [0.2, 0.25) is 0 Å². The molecule has 2 saturated carbocycles. The van der Waals surface area contributed by atoms with Gasteiger partial charge in [-0.05, 0) is 117 Å². The Bertz CT molecular complexity index is 2860. The standard InChI is InChI=1S/C25H23N3O3.C23H19N3O3/c1-2-31-24(30)15-5-3-4-14(10-15)19-11-18-16(13-26-19)6-7-17-21-20(27-22(17)18)12-25(8-9-25)28-23(21)29;27-21-19-15-5-4-14-11-24-17(12-2-1-3-13(8-12)22(28)29)9-16(14)20(15)25-18(19)10-23(26-21)6-7-23/h3-5,10-11,13,27H,2,6-9,12H2,1H3,(H,28,29);1-3,8-9,11,25H,4-7,10H2,(H,26,27)(H,28,29). The molecule has 0 atom stereocenters. The van der Waals surface area contributed by atoms with Crippen LogP contribution in [0.25, 0.3) is 45.0 Å². The number of hydrogen-bond acceptors (Lipinski definition) is 7. The number of hydrogen-bond donors (Lipinski definition) is 5. The molecule has 6 aliphatic rings. The summed E-state index contributed by atoms with van der Waals surface area (Å²) in [6, 6.07) is 18.3. The van der Waals surface area contributed by atoms with Crippen LogP contribution in [0.15, 0.2) is 73.1 Å². The Morgan fingerprint density at radius 2 is 1.17 bits per heavy atom. The molecule has 5 N–H and O–H groups in total. The van der Waals surface area contributed by atoms with Crippen LogP contribution < -0.4 is 10.6 Å². The largest absolute Gasteiger partial charge is 0.478 e. The number of carboxylic acid groups (broad SMARTS) is 1. The fourth-order valence-corrected chi connectivity index (χ4v) is 9.74. The van der Waals surface area contributed by atoms with Crippen molar-refractivity contribution in [2.45, 2.75) is 82.2 Å². The van der Waals surface area contributed by atoms with Crippen LogP contribution in [0.5, 0.6) is 0 Å². The summed E-state index contributed by atoms with van der Waals surface area (Å²) >= 11 is 0. The van der Waals surface area contributed by atoms with Crippen LogP contribution in [-0.2, 0) is 43.3 Å². The van der Waals surface area contributed by atoms with E-state index in [1.54, 1.807) is 31.2 Å². The lowest BCUT2D eigenvalue weighted by molar-refractivity contribution is 0.0525. The average Bonchev–Trinajstić information content (AvgIpc) is 4.10. The summed E-state index contributed by atoms with van der Waals surface area (Å²) in [5, 5.41) is 15.7. The number of amides is 2. The van der Waals surface area contributed by atoms with Gasteiger partial charge in [-0.25, -0.2) is 9.59 Å². The normalized spacial score (nSPS) is 17.6. The number of aromatic carboxylic acids is 1. The molecule has 300 valence electrons. The van der Waals surface area contributed by atoms with Crippen molar-refractivity contribution in [1.29, 1.82) is 0 Å². The molecule has 12 rings (SSSR count). The number of ether oxygens (including phenoxy) is 1. The van der Waals surface area contributed by atoms with Gasteiger partial charge in [0.1, 0.15) is 0 Å². The van der Waals surface area contributed by atoms with Gasteiger partial charge in [0, 0.05) is 70.0 Å². The van der Waals surface area contributed by atoms with Gasteiger partial charge in [0.15, 0.2) is 0 Å². The summed E-state index contributed by atoms with van der Waals surface area (Å²) in [5.41, 5.74) is 16.4. The molecule has 4 aliphatic carbocycles. The van der Waals surface area contributed by atoms with E-state index in [1.165, 1.54) is 5.56 Å². The average molecular weight is 799 g/mol. The Hall–Kier alpha value is -6.82. The number of nitrogens with one attached hydrogen (secondary N) is 4. The van der Waals surface area contributed by atoms with Crippen molar-refractivity contribution in [3.63, 3.8) is 0 Å². The first-order valence-corrected chi connectivity index (χ1v) is 20.8. The van der Waals surface area contributed by atoms with E-state index in [0.717, 1.165) is 148 Å². The van der Waals surface area contributed by atoms with E-state index in [1.807, 2.05) is 42.7 Å². The number of nitrogens with zero attached hydrogens (tertiary/aromatic N) is 2. The Kier molecular flexibility index (Phi) is 8.07. The highest BCUT2D eigenvalue weighted by molar-refractivity contribution is 6.02. The zero-order chi connectivity index (χ0) is 40.9. The predicted octanol–water partition coefficient (Wildman–Crippen LogP) is 7.20. The minimum atomic E-state index is -0.954. The topological polar surface area (TPSA) is 179 Å². The molecule has 2 amide bonds. The maximum Gasteiger partial charge on any atom is 0.338 e. The molecule has 0 saturated heterocycles. The number of fused-ring (bicyclic) bond motifs is 10. The first kappa shape index (κ1) is 36.3. The predicted molar refractivity (Wildman–Crippen MR) is 223 cm³/mol. The van der Waals surface area contributed by atoms with Crippen LogP contribution in [0.1, 0.15) is 108 Å². The van der Waals surface area contributed by atoms with Crippen LogP contribution in [0, 0.1) is 0 Å². The summed E-state index contributed by atoms with van der Waals surface area (Å²) < 4.78 is 5.13. The van der Waals surface area contributed by atoms with Crippen molar-refractivity contribution in [3.05, 3.63) is 129 Å². The van der Waals surface area contributed by atoms with Gasteiger partial charge in [-0.15, -0.1) is 0 Å². The van der Waals surface area contributed by atoms with Crippen LogP contribution >= 0.6 is 0 Å². The molecule has 60 heavy (non-hydrogen) atoms. The van der Waals surface area contributed by atoms with Gasteiger partial charge in [-0.3, -0.25) is 19.6 Å². The fraction of sp³-hybridized carbons (Fsp3) is 0.292. The van der Waals surface area contributed by atoms with Crippen LogP contribution in [0.4, 0.5) is 0 Å². The molecule has 0 bridgehead atoms. The number of H-pyrrole nitrogens is 2. The number of esters is 1. The minimum Gasteiger partial charge on any atom is -0.478 e. The Morgan fingerprint density at radius 3 is 1.63 bits per heavy atom. The van der Waals surface area contributed by atoms with Crippen molar-refractivity contribution in [1.82, 2.24) is 30.6 Å². The maximum absolute atomic E-state index is 12.8. The highest BCUT2D eigenvalue weighted by atomic mass is 16.5. The van der Waals surface area contributed by atoms with E-state index >= 15 is 0 Å². The van der Waals surface area contributed by atoms with Gasteiger partial charge in [0.25, 0.3) is 11.8 Å². The van der Waals surface area contributed by atoms with E-state index in [4.69, 9.17) is 4.74 Å². The monoisotopic (exact) mass is 798 g/mol.